The highest BCUT2D eigenvalue weighted by atomic mass is 35.5. The van der Waals surface area contributed by atoms with Crippen molar-refractivity contribution >= 4 is 23.0 Å². The fourth-order valence-corrected chi connectivity index (χ4v) is 1.88. The Bertz CT molecular complexity index is 557. The van der Waals surface area contributed by atoms with Crippen LogP contribution in [0.3, 0.4) is 0 Å². The van der Waals surface area contributed by atoms with Gasteiger partial charge in [0, 0.05) is 18.7 Å². The summed E-state index contributed by atoms with van der Waals surface area (Å²) in [6, 6.07) is 1.85. The van der Waals surface area contributed by atoms with Crippen LogP contribution in [0, 0.1) is 15.9 Å². The van der Waals surface area contributed by atoms with Crippen LogP contribution in [0.2, 0.25) is 5.02 Å². The summed E-state index contributed by atoms with van der Waals surface area (Å²) in [6.07, 6.45) is 0.274. The fourth-order valence-electron chi connectivity index (χ4n) is 1.66. The van der Waals surface area contributed by atoms with Gasteiger partial charge in [0.1, 0.15) is 17.4 Å². The maximum Gasteiger partial charge on any atom is 0.290 e. The van der Waals surface area contributed by atoms with E-state index in [2.05, 4.69) is 10.4 Å². The van der Waals surface area contributed by atoms with Crippen molar-refractivity contribution in [2.75, 3.05) is 24.9 Å². The molecule has 0 radical (unpaired) electrons. The van der Waals surface area contributed by atoms with Gasteiger partial charge in [-0.3, -0.25) is 19.5 Å². The van der Waals surface area contributed by atoms with E-state index in [4.69, 9.17) is 11.6 Å². The Hall–Kier alpha value is -2.03. The van der Waals surface area contributed by atoms with Crippen LogP contribution in [0.1, 0.15) is 6.42 Å². The van der Waals surface area contributed by atoms with Crippen molar-refractivity contribution < 1.29 is 13.7 Å². The second-order valence-corrected chi connectivity index (χ2v) is 4.41. The molecule has 1 aromatic rings. The van der Waals surface area contributed by atoms with Gasteiger partial charge in [-0.15, -0.1) is 0 Å². The van der Waals surface area contributed by atoms with Gasteiger partial charge < -0.3 is 0 Å². The van der Waals surface area contributed by atoms with Crippen molar-refractivity contribution in [2.45, 2.75) is 6.42 Å². The van der Waals surface area contributed by atoms with Gasteiger partial charge in [-0.05, 0) is 11.6 Å². The molecule has 0 saturated heterocycles. The minimum Gasteiger partial charge on any atom is -0.258 e. The molecule has 0 amide bonds. The first-order valence-corrected chi connectivity index (χ1v) is 6.04. The molecule has 0 spiro atoms. The summed E-state index contributed by atoms with van der Waals surface area (Å²) in [7, 11) is 0. The zero-order valence-electron chi connectivity index (χ0n) is 10.2. The molecule has 0 unspecified atom stereocenters. The summed E-state index contributed by atoms with van der Waals surface area (Å²) < 4.78 is 25.9. The van der Waals surface area contributed by atoms with Crippen molar-refractivity contribution in [1.82, 2.24) is 5.01 Å². The van der Waals surface area contributed by atoms with Gasteiger partial charge >= 0.3 is 0 Å². The number of rotatable bonds is 5. The van der Waals surface area contributed by atoms with Gasteiger partial charge in [-0.25, -0.2) is 9.40 Å². The predicted molar refractivity (Wildman–Crippen MR) is 67.6 cm³/mol. The van der Waals surface area contributed by atoms with Gasteiger partial charge in [-0.2, -0.15) is 0 Å². The van der Waals surface area contributed by atoms with Gasteiger partial charge in [0.2, 0.25) is 0 Å². The Morgan fingerprint density at radius 3 is 2.85 bits per heavy atom. The lowest BCUT2D eigenvalue weighted by atomic mass is 10.2. The minimum atomic E-state index is -0.744. The summed E-state index contributed by atoms with van der Waals surface area (Å²) in [5, 5.41) is 20.5. The van der Waals surface area contributed by atoms with Crippen molar-refractivity contribution in [1.29, 1.82) is 0 Å². The topological polar surface area (TPSA) is 74.3 Å². The Labute approximate surface area is 117 Å². The van der Waals surface area contributed by atoms with Gasteiger partial charge in [-0.1, -0.05) is 16.8 Å². The third kappa shape index (κ3) is 2.93. The van der Waals surface area contributed by atoms with Crippen molar-refractivity contribution in [2.24, 2.45) is 10.4 Å². The molecule has 0 aromatic heterocycles. The number of hydrogen-bond donors (Lipinski definition) is 0. The summed E-state index contributed by atoms with van der Waals surface area (Å²) in [5.74, 6) is -0.744. The third-order valence-electron chi connectivity index (χ3n) is 2.61. The number of alkyl halides is 1. The van der Waals surface area contributed by atoms with Crippen LogP contribution < -0.4 is 5.01 Å². The SMILES string of the molecule is O=[N+]([O-])c1cc(N2CN(CCCF)N=N2)c(F)cc1Cl. The maximum atomic E-state index is 13.8. The molecule has 0 N–H and O–H groups in total. The van der Waals surface area contributed by atoms with E-state index in [-0.39, 0.29) is 23.8 Å². The molecule has 0 aliphatic carbocycles. The number of benzene rings is 1. The Kier molecular flexibility index (Phi) is 4.28. The summed E-state index contributed by atoms with van der Waals surface area (Å²) in [5.41, 5.74) is -0.520. The number of anilines is 1. The quantitative estimate of drug-likeness (QED) is 0.619. The van der Waals surface area contributed by atoms with E-state index in [1.54, 1.807) is 0 Å². The maximum absolute atomic E-state index is 13.8. The molecule has 1 heterocycles. The molecule has 1 aromatic carbocycles. The zero-order chi connectivity index (χ0) is 14.7. The van der Waals surface area contributed by atoms with Gasteiger partial charge in [0.25, 0.3) is 5.69 Å². The molecule has 108 valence electrons. The lowest BCUT2D eigenvalue weighted by Gasteiger charge is -2.16. The lowest BCUT2D eigenvalue weighted by Crippen LogP contribution is -2.26. The van der Waals surface area contributed by atoms with E-state index in [0.29, 0.717) is 6.54 Å². The average Bonchev–Trinajstić information content (AvgIpc) is 2.84. The summed E-state index contributed by atoms with van der Waals surface area (Å²) in [4.78, 5) is 10.1. The van der Waals surface area contributed by atoms with Crippen LogP contribution in [0.5, 0.6) is 0 Å². The van der Waals surface area contributed by atoms with Crippen LogP contribution in [-0.4, -0.2) is 29.8 Å². The predicted octanol–water partition coefficient (Wildman–Crippen LogP) is 3.11. The third-order valence-corrected chi connectivity index (χ3v) is 2.92. The highest BCUT2D eigenvalue weighted by Gasteiger charge is 2.24. The van der Waals surface area contributed by atoms with Gasteiger partial charge in [0.15, 0.2) is 5.82 Å². The van der Waals surface area contributed by atoms with Crippen molar-refractivity contribution in [3.05, 3.63) is 33.1 Å². The molecule has 10 heteroatoms. The molecule has 0 atom stereocenters. The second kappa shape index (κ2) is 5.95. The standard InChI is InChI=1S/C10H10ClF2N5O2/c11-7-4-8(13)10(5-9(7)18(19)20)17-6-16(14-15-17)3-1-2-12/h4-5H,1-3,6H2. The first kappa shape index (κ1) is 14.4. The van der Waals surface area contributed by atoms with E-state index < -0.39 is 23.1 Å². The normalized spacial score (nSPS) is 14.2. The van der Waals surface area contributed by atoms with E-state index in [1.807, 2.05) is 0 Å². The molecule has 0 bridgehead atoms. The summed E-state index contributed by atoms with van der Waals surface area (Å²) >= 11 is 5.59. The second-order valence-electron chi connectivity index (χ2n) is 4.00. The molecular formula is C10H10ClF2N5O2. The summed E-state index contributed by atoms with van der Waals surface area (Å²) in [6.45, 7) is -0.0731. The Morgan fingerprint density at radius 2 is 2.20 bits per heavy atom. The molecule has 0 fully saturated rings. The number of nitro benzene ring substituents is 1. The molecule has 1 aliphatic heterocycles. The van der Waals surface area contributed by atoms with Crippen LogP contribution in [0.4, 0.5) is 20.2 Å². The molecule has 1 aliphatic rings. The van der Waals surface area contributed by atoms with E-state index in [1.165, 1.54) is 5.01 Å². The number of hydrogen-bond acceptors (Lipinski definition) is 6. The highest BCUT2D eigenvalue weighted by Crippen LogP contribution is 2.33. The molecule has 2 rings (SSSR count). The Morgan fingerprint density at radius 1 is 1.45 bits per heavy atom. The van der Waals surface area contributed by atoms with E-state index in [0.717, 1.165) is 17.1 Å². The van der Waals surface area contributed by atoms with Gasteiger partial charge in [0.05, 0.1) is 11.6 Å². The first-order chi connectivity index (χ1) is 9.52. The number of halogens is 3. The molecule has 0 saturated carbocycles. The van der Waals surface area contributed by atoms with Crippen LogP contribution >= 0.6 is 11.6 Å². The Balaban J connectivity index is 2.20. The number of nitrogens with zero attached hydrogens (tertiary/aromatic N) is 5. The van der Waals surface area contributed by atoms with Crippen molar-refractivity contribution in [3.63, 3.8) is 0 Å². The minimum absolute atomic E-state index is 0.0930. The zero-order valence-corrected chi connectivity index (χ0v) is 10.9. The molecular weight excluding hydrogens is 296 g/mol. The number of nitro groups is 1. The van der Waals surface area contributed by atoms with E-state index >= 15 is 0 Å². The van der Waals surface area contributed by atoms with Crippen molar-refractivity contribution in [3.8, 4) is 0 Å². The lowest BCUT2D eigenvalue weighted by molar-refractivity contribution is -0.384. The van der Waals surface area contributed by atoms with Crippen LogP contribution in [0.25, 0.3) is 0 Å². The molecule has 7 nitrogen and oxygen atoms in total. The van der Waals surface area contributed by atoms with Crippen LogP contribution in [0.15, 0.2) is 22.6 Å². The first-order valence-electron chi connectivity index (χ1n) is 5.66. The van der Waals surface area contributed by atoms with Crippen LogP contribution in [-0.2, 0) is 0 Å². The highest BCUT2D eigenvalue weighted by molar-refractivity contribution is 6.32. The van der Waals surface area contributed by atoms with E-state index in [9.17, 15) is 18.9 Å². The molecule has 20 heavy (non-hydrogen) atoms. The monoisotopic (exact) mass is 305 g/mol. The smallest absolute Gasteiger partial charge is 0.258 e. The average molecular weight is 306 g/mol. The fraction of sp³-hybridized carbons (Fsp3) is 0.400. The largest absolute Gasteiger partial charge is 0.290 e.